The molecule has 1 aromatic heterocycles. The highest BCUT2D eigenvalue weighted by Crippen LogP contribution is 2.19. The van der Waals surface area contributed by atoms with E-state index in [1.165, 1.54) is 6.20 Å². The lowest BCUT2D eigenvalue weighted by atomic mass is 10.1. The number of nitrogens with one attached hydrogen (secondary N) is 1. The van der Waals surface area contributed by atoms with E-state index in [1.54, 1.807) is 12.1 Å². The molecule has 0 aliphatic rings. The third-order valence-electron chi connectivity index (χ3n) is 2.34. The maximum atomic E-state index is 10.7. The summed E-state index contributed by atoms with van der Waals surface area (Å²) in [7, 11) is 0. The van der Waals surface area contributed by atoms with Crippen LogP contribution in [0.15, 0.2) is 18.3 Å². The molecule has 6 heteroatoms. The van der Waals surface area contributed by atoms with Gasteiger partial charge >= 0.3 is 5.82 Å². The smallest absolute Gasteiger partial charge is 0.377 e. The van der Waals surface area contributed by atoms with Crippen LogP contribution in [0.3, 0.4) is 0 Å². The van der Waals surface area contributed by atoms with Gasteiger partial charge in [-0.3, -0.25) is 0 Å². The van der Waals surface area contributed by atoms with E-state index >= 15 is 0 Å². The first-order chi connectivity index (χ1) is 7.52. The molecule has 0 fully saturated rings. The van der Waals surface area contributed by atoms with E-state index < -0.39 is 4.92 Å². The first kappa shape index (κ1) is 12.4. The van der Waals surface area contributed by atoms with Gasteiger partial charge in [-0.15, -0.1) is 0 Å². The van der Waals surface area contributed by atoms with E-state index in [-0.39, 0.29) is 11.9 Å². The Hall–Kier alpha value is -1.69. The number of rotatable bonds is 5. The van der Waals surface area contributed by atoms with Gasteiger partial charge in [-0.05, 0) is 28.0 Å². The second kappa shape index (κ2) is 5.41. The predicted molar refractivity (Wildman–Crippen MR) is 62.2 cm³/mol. The lowest BCUT2D eigenvalue weighted by Crippen LogP contribution is -2.34. The number of hydrogen-bond donors (Lipinski definition) is 2. The van der Waals surface area contributed by atoms with Crippen LogP contribution in [0.4, 0.5) is 11.5 Å². The average Bonchev–Trinajstić information content (AvgIpc) is 2.25. The molecule has 6 nitrogen and oxygen atoms in total. The molecule has 0 amide bonds. The van der Waals surface area contributed by atoms with Gasteiger partial charge < -0.3 is 21.2 Å². The molecule has 0 radical (unpaired) electrons. The van der Waals surface area contributed by atoms with E-state index in [9.17, 15) is 10.1 Å². The van der Waals surface area contributed by atoms with Gasteiger partial charge in [-0.1, -0.05) is 13.8 Å². The first-order valence-electron chi connectivity index (χ1n) is 5.11. The number of aromatic nitrogens is 1. The van der Waals surface area contributed by atoms with Crippen LogP contribution in [-0.4, -0.2) is 22.5 Å². The summed E-state index contributed by atoms with van der Waals surface area (Å²) in [5.74, 6) is 0.154. The Morgan fingerprint density at radius 1 is 1.62 bits per heavy atom. The molecule has 0 aliphatic carbocycles. The molecule has 0 saturated carbocycles. The monoisotopic (exact) mass is 224 g/mol. The van der Waals surface area contributed by atoms with Crippen LogP contribution in [0.25, 0.3) is 0 Å². The van der Waals surface area contributed by atoms with Crippen molar-refractivity contribution in [1.29, 1.82) is 0 Å². The highest BCUT2D eigenvalue weighted by atomic mass is 16.6. The fourth-order valence-electron chi connectivity index (χ4n) is 1.14. The summed E-state index contributed by atoms with van der Waals surface area (Å²) in [6.07, 6.45) is 1.39. The molecule has 1 heterocycles. The lowest BCUT2D eigenvalue weighted by Gasteiger charge is -2.16. The maximum Gasteiger partial charge on any atom is 0.386 e. The summed E-state index contributed by atoms with van der Waals surface area (Å²) in [6.45, 7) is 4.50. The molecule has 16 heavy (non-hydrogen) atoms. The van der Waals surface area contributed by atoms with Crippen LogP contribution in [0.2, 0.25) is 0 Å². The van der Waals surface area contributed by atoms with E-state index in [0.717, 1.165) is 0 Å². The van der Waals surface area contributed by atoms with Crippen molar-refractivity contribution >= 4 is 11.5 Å². The number of anilines is 1. The normalized spacial score (nSPS) is 12.5. The van der Waals surface area contributed by atoms with Crippen molar-refractivity contribution in [2.75, 3.05) is 11.9 Å². The highest BCUT2D eigenvalue weighted by Gasteiger charge is 2.15. The summed E-state index contributed by atoms with van der Waals surface area (Å²) in [4.78, 5) is 13.9. The number of nitro groups is 1. The summed E-state index contributed by atoms with van der Waals surface area (Å²) < 4.78 is 0. The van der Waals surface area contributed by atoms with Crippen LogP contribution >= 0.6 is 0 Å². The average molecular weight is 224 g/mol. The van der Waals surface area contributed by atoms with Crippen LogP contribution in [-0.2, 0) is 0 Å². The summed E-state index contributed by atoms with van der Waals surface area (Å²) >= 11 is 0. The summed E-state index contributed by atoms with van der Waals surface area (Å²) in [5, 5.41) is 13.6. The van der Waals surface area contributed by atoms with Crippen LogP contribution in [0.5, 0.6) is 0 Å². The Bertz CT molecular complexity index is 368. The molecule has 88 valence electrons. The van der Waals surface area contributed by atoms with Gasteiger partial charge in [0.1, 0.15) is 11.9 Å². The fourth-order valence-corrected chi connectivity index (χ4v) is 1.14. The van der Waals surface area contributed by atoms with Crippen molar-refractivity contribution < 1.29 is 4.92 Å². The Labute approximate surface area is 94.0 Å². The molecular formula is C10H16N4O2. The van der Waals surface area contributed by atoms with Crippen molar-refractivity contribution in [3.05, 3.63) is 28.4 Å². The first-order valence-corrected chi connectivity index (χ1v) is 5.11. The number of nitrogens with zero attached hydrogens (tertiary/aromatic N) is 2. The standard InChI is InChI=1S/C10H16N4O2/c1-7(2)8(11)6-13-9-4-3-5-12-10(9)14(15)16/h3-5,7-8,13H,6,11H2,1-2H3. The van der Waals surface area contributed by atoms with E-state index in [4.69, 9.17) is 5.73 Å². The zero-order chi connectivity index (χ0) is 12.1. The predicted octanol–water partition coefficient (Wildman–Crippen LogP) is 1.38. The molecule has 1 aromatic rings. The molecule has 0 aromatic carbocycles. The second-order valence-corrected chi connectivity index (χ2v) is 3.92. The molecule has 1 atom stereocenters. The fraction of sp³-hybridized carbons (Fsp3) is 0.500. The molecular weight excluding hydrogens is 208 g/mol. The van der Waals surface area contributed by atoms with Crippen molar-refractivity contribution in [1.82, 2.24) is 4.98 Å². The summed E-state index contributed by atoms with van der Waals surface area (Å²) in [5.41, 5.74) is 6.24. The van der Waals surface area contributed by atoms with Crippen LogP contribution in [0.1, 0.15) is 13.8 Å². The van der Waals surface area contributed by atoms with E-state index in [0.29, 0.717) is 18.2 Å². The molecule has 1 rings (SSSR count). The van der Waals surface area contributed by atoms with Crippen molar-refractivity contribution in [3.8, 4) is 0 Å². The third-order valence-corrected chi connectivity index (χ3v) is 2.34. The van der Waals surface area contributed by atoms with Gasteiger partial charge in [-0.25, -0.2) is 0 Å². The quantitative estimate of drug-likeness (QED) is 0.582. The highest BCUT2D eigenvalue weighted by molar-refractivity contribution is 5.56. The zero-order valence-electron chi connectivity index (χ0n) is 9.38. The van der Waals surface area contributed by atoms with Crippen molar-refractivity contribution in [2.45, 2.75) is 19.9 Å². The summed E-state index contributed by atoms with van der Waals surface area (Å²) in [6, 6.07) is 3.23. The molecule has 0 saturated heterocycles. The second-order valence-electron chi connectivity index (χ2n) is 3.92. The molecule has 0 aliphatic heterocycles. The van der Waals surface area contributed by atoms with Gasteiger partial charge in [0, 0.05) is 12.6 Å². The maximum absolute atomic E-state index is 10.7. The minimum absolute atomic E-state index is 0.0418. The van der Waals surface area contributed by atoms with Gasteiger partial charge in [0.15, 0.2) is 0 Å². The van der Waals surface area contributed by atoms with Gasteiger partial charge in [0.05, 0.1) is 0 Å². The Kier molecular flexibility index (Phi) is 4.19. The molecule has 3 N–H and O–H groups in total. The Morgan fingerprint density at radius 3 is 2.88 bits per heavy atom. The largest absolute Gasteiger partial charge is 0.386 e. The van der Waals surface area contributed by atoms with Gasteiger partial charge in [0.25, 0.3) is 0 Å². The third kappa shape index (κ3) is 3.16. The van der Waals surface area contributed by atoms with Crippen LogP contribution < -0.4 is 11.1 Å². The minimum Gasteiger partial charge on any atom is -0.377 e. The van der Waals surface area contributed by atoms with Crippen molar-refractivity contribution in [2.24, 2.45) is 11.7 Å². The van der Waals surface area contributed by atoms with Gasteiger partial charge in [-0.2, -0.15) is 0 Å². The lowest BCUT2D eigenvalue weighted by molar-refractivity contribution is -0.388. The number of nitrogens with two attached hydrogens (primary N) is 1. The van der Waals surface area contributed by atoms with E-state index in [2.05, 4.69) is 10.3 Å². The Balaban J connectivity index is 2.70. The topological polar surface area (TPSA) is 94.1 Å². The minimum atomic E-state index is -0.511. The Morgan fingerprint density at radius 2 is 2.31 bits per heavy atom. The zero-order valence-corrected chi connectivity index (χ0v) is 9.38. The number of pyridine rings is 1. The van der Waals surface area contributed by atoms with Crippen LogP contribution in [0, 0.1) is 16.0 Å². The van der Waals surface area contributed by atoms with Crippen molar-refractivity contribution in [3.63, 3.8) is 0 Å². The number of hydrogen-bond acceptors (Lipinski definition) is 5. The SMILES string of the molecule is CC(C)C(N)CNc1cccnc1[N+](=O)[O-]. The van der Waals surface area contributed by atoms with Gasteiger partial charge in [0.2, 0.25) is 0 Å². The molecule has 0 spiro atoms. The van der Waals surface area contributed by atoms with E-state index in [1.807, 2.05) is 13.8 Å². The molecule has 1 unspecified atom stereocenters. The molecule has 0 bridgehead atoms.